The van der Waals surface area contributed by atoms with Crippen molar-refractivity contribution in [3.8, 4) is 0 Å². The first-order chi connectivity index (χ1) is 9.88. The second-order valence-corrected chi connectivity index (χ2v) is 5.71. The predicted molar refractivity (Wildman–Crippen MR) is 78.5 cm³/mol. The largest absolute Gasteiger partial charge is 0.480 e. The summed E-state index contributed by atoms with van der Waals surface area (Å²) in [5, 5.41) is 11.8. The molecular weight excluding hydrogens is 296 g/mol. The fourth-order valence-corrected chi connectivity index (χ4v) is 2.48. The first kappa shape index (κ1) is 15.8. The van der Waals surface area contributed by atoms with Crippen molar-refractivity contribution in [2.24, 2.45) is 0 Å². The van der Waals surface area contributed by atoms with E-state index in [2.05, 4.69) is 5.32 Å². The molecule has 21 heavy (non-hydrogen) atoms. The maximum Gasteiger partial charge on any atom is 0.329 e. The zero-order chi connectivity index (χ0) is 15.5. The molecule has 1 heterocycles. The lowest BCUT2D eigenvalue weighted by Crippen LogP contribution is -2.63. The number of para-hydroxylation sites is 1. The minimum Gasteiger partial charge on any atom is -0.480 e. The van der Waals surface area contributed by atoms with E-state index in [0.29, 0.717) is 23.8 Å². The Hall–Kier alpha value is -1.63. The van der Waals surface area contributed by atoms with Gasteiger partial charge in [0.15, 0.2) is 0 Å². The van der Waals surface area contributed by atoms with Crippen LogP contribution in [0.15, 0.2) is 24.3 Å². The molecule has 0 bridgehead atoms. The first-order valence-corrected chi connectivity index (χ1v) is 6.88. The molecule has 0 radical (unpaired) electrons. The minimum absolute atomic E-state index is 0.164. The summed E-state index contributed by atoms with van der Waals surface area (Å²) in [6, 6.07) is 7.02. The van der Waals surface area contributed by atoms with Crippen molar-refractivity contribution >= 4 is 29.2 Å². The van der Waals surface area contributed by atoms with Gasteiger partial charge in [0, 0.05) is 13.1 Å². The second-order valence-electron chi connectivity index (χ2n) is 5.31. The molecule has 1 amide bonds. The number of hydrogen-bond acceptors (Lipinski definition) is 4. The molecule has 0 atom stereocenters. The molecule has 0 aromatic heterocycles. The van der Waals surface area contributed by atoms with Gasteiger partial charge in [-0.3, -0.25) is 9.69 Å². The number of likely N-dealkylation sites (tertiary alicyclic amines) is 1. The third-order valence-electron chi connectivity index (χ3n) is 3.18. The monoisotopic (exact) mass is 312 g/mol. The number of carboxylic acid groups (broad SMARTS) is 1. The Labute approximate surface area is 127 Å². The number of ether oxygens (including phenoxy) is 1. The van der Waals surface area contributed by atoms with E-state index < -0.39 is 11.6 Å². The van der Waals surface area contributed by atoms with Crippen LogP contribution in [0.25, 0.3) is 0 Å². The third-order valence-corrected chi connectivity index (χ3v) is 3.51. The summed E-state index contributed by atoms with van der Waals surface area (Å²) in [6.07, 6.45) is 0. The number of halogens is 1. The lowest BCUT2D eigenvalue weighted by Gasteiger charge is -2.46. The Bertz CT molecular complexity index is 544. The van der Waals surface area contributed by atoms with Crippen LogP contribution in [0.3, 0.4) is 0 Å². The maximum absolute atomic E-state index is 11.9. The van der Waals surface area contributed by atoms with Crippen molar-refractivity contribution in [2.45, 2.75) is 12.5 Å². The number of carboxylic acids is 1. The molecule has 2 rings (SSSR count). The van der Waals surface area contributed by atoms with Gasteiger partial charge in [0.1, 0.15) is 6.61 Å². The Balaban J connectivity index is 1.76. The van der Waals surface area contributed by atoms with Gasteiger partial charge in [-0.1, -0.05) is 23.7 Å². The van der Waals surface area contributed by atoms with Crippen LogP contribution < -0.4 is 5.32 Å². The van der Waals surface area contributed by atoms with Gasteiger partial charge in [-0.25, -0.2) is 4.79 Å². The highest BCUT2D eigenvalue weighted by Gasteiger charge is 2.40. The molecule has 0 unspecified atom stereocenters. The van der Waals surface area contributed by atoms with E-state index in [1.54, 1.807) is 24.3 Å². The molecule has 1 saturated heterocycles. The molecule has 6 nitrogen and oxygen atoms in total. The molecular formula is C14H17ClN2O4. The molecule has 0 aliphatic carbocycles. The van der Waals surface area contributed by atoms with Gasteiger partial charge in [0.25, 0.3) is 0 Å². The van der Waals surface area contributed by atoms with E-state index in [1.807, 2.05) is 11.8 Å². The number of rotatable bonds is 6. The number of nitrogens with zero attached hydrogens (tertiary/aromatic N) is 1. The van der Waals surface area contributed by atoms with Crippen molar-refractivity contribution in [1.82, 2.24) is 4.90 Å². The van der Waals surface area contributed by atoms with Crippen LogP contribution in [0.4, 0.5) is 5.69 Å². The third kappa shape index (κ3) is 4.42. The van der Waals surface area contributed by atoms with Crippen molar-refractivity contribution < 1.29 is 19.4 Å². The molecule has 1 aromatic rings. The van der Waals surface area contributed by atoms with Gasteiger partial charge in [0.2, 0.25) is 5.91 Å². The summed E-state index contributed by atoms with van der Waals surface area (Å²) < 4.78 is 5.28. The molecule has 1 aromatic carbocycles. The van der Waals surface area contributed by atoms with E-state index in [0.717, 1.165) is 0 Å². The van der Waals surface area contributed by atoms with E-state index >= 15 is 0 Å². The second kappa shape index (κ2) is 6.43. The van der Waals surface area contributed by atoms with Crippen molar-refractivity contribution in [2.75, 3.05) is 31.6 Å². The van der Waals surface area contributed by atoms with Crippen LogP contribution in [0, 0.1) is 0 Å². The topological polar surface area (TPSA) is 78.9 Å². The van der Waals surface area contributed by atoms with E-state index in [4.69, 9.17) is 21.4 Å². The van der Waals surface area contributed by atoms with Crippen LogP contribution in [0.5, 0.6) is 0 Å². The van der Waals surface area contributed by atoms with Crippen LogP contribution in [-0.2, 0) is 14.3 Å². The van der Waals surface area contributed by atoms with Gasteiger partial charge < -0.3 is 15.2 Å². The molecule has 1 aliphatic rings. The van der Waals surface area contributed by atoms with Gasteiger partial charge in [-0.05, 0) is 19.1 Å². The Morgan fingerprint density at radius 3 is 2.71 bits per heavy atom. The summed E-state index contributed by atoms with van der Waals surface area (Å²) in [6.45, 7) is 2.78. The highest BCUT2D eigenvalue weighted by atomic mass is 35.5. The zero-order valence-corrected chi connectivity index (χ0v) is 12.4. The maximum atomic E-state index is 11.9. The smallest absolute Gasteiger partial charge is 0.329 e. The quantitative estimate of drug-likeness (QED) is 0.831. The van der Waals surface area contributed by atoms with Crippen LogP contribution in [-0.4, -0.2) is 53.7 Å². The number of carbonyl (C=O) groups is 2. The lowest BCUT2D eigenvalue weighted by molar-refractivity contribution is -0.165. The minimum atomic E-state index is -0.994. The molecule has 1 fully saturated rings. The summed E-state index contributed by atoms with van der Waals surface area (Å²) in [7, 11) is 0. The summed E-state index contributed by atoms with van der Waals surface area (Å²) in [5.74, 6) is -1.16. The number of nitrogens with one attached hydrogen (secondary N) is 1. The Morgan fingerprint density at radius 1 is 1.43 bits per heavy atom. The SMILES string of the molecule is CC1(OCC(=O)O)CN(CC(=O)Nc2ccccc2Cl)C1. The molecule has 0 saturated carbocycles. The summed E-state index contributed by atoms with van der Waals surface area (Å²) in [4.78, 5) is 24.2. The predicted octanol–water partition coefficient (Wildman–Crippen LogP) is 1.45. The average molecular weight is 313 g/mol. The Morgan fingerprint density at radius 2 is 2.10 bits per heavy atom. The number of anilines is 1. The average Bonchev–Trinajstić information content (AvgIpc) is 2.37. The number of benzene rings is 1. The molecule has 114 valence electrons. The number of amides is 1. The number of carbonyl (C=O) groups excluding carboxylic acids is 1. The van der Waals surface area contributed by atoms with Crippen molar-refractivity contribution in [1.29, 1.82) is 0 Å². The van der Waals surface area contributed by atoms with Gasteiger partial charge >= 0.3 is 5.97 Å². The van der Waals surface area contributed by atoms with E-state index in [1.165, 1.54) is 0 Å². The summed E-state index contributed by atoms with van der Waals surface area (Å²) in [5.41, 5.74) is 0.0814. The molecule has 7 heteroatoms. The molecule has 2 N–H and O–H groups in total. The number of hydrogen-bond donors (Lipinski definition) is 2. The highest BCUT2D eigenvalue weighted by molar-refractivity contribution is 6.33. The van der Waals surface area contributed by atoms with Gasteiger partial charge in [0.05, 0.1) is 22.9 Å². The van der Waals surface area contributed by atoms with Crippen LogP contribution in [0.2, 0.25) is 5.02 Å². The lowest BCUT2D eigenvalue weighted by atomic mass is 9.96. The van der Waals surface area contributed by atoms with E-state index in [9.17, 15) is 9.59 Å². The van der Waals surface area contributed by atoms with Crippen LogP contribution >= 0.6 is 11.6 Å². The number of aliphatic carboxylic acids is 1. The fourth-order valence-electron chi connectivity index (χ4n) is 2.29. The fraction of sp³-hybridized carbons (Fsp3) is 0.429. The standard InChI is InChI=1S/C14H17ClN2O4/c1-14(21-7-13(19)20)8-17(9-14)6-12(18)16-11-5-3-2-4-10(11)15/h2-5H,6-9H2,1H3,(H,16,18)(H,19,20). The van der Waals surface area contributed by atoms with E-state index in [-0.39, 0.29) is 19.1 Å². The van der Waals surface area contributed by atoms with Crippen molar-refractivity contribution in [3.63, 3.8) is 0 Å². The molecule has 1 aliphatic heterocycles. The van der Waals surface area contributed by atoms with Crippen LogP contribution in [0.1, 0.15) is 6.92 Å². The normalized spacial score (nSPS) is 17.0. The Kier molecular flexibility index (Phi) is 4.82. The zero-order valence-electron chi connectivity index (χ0n) is 11.6. The van der Waals surface area contributed by atoms with Gasteiger partial charge in [-0.15, -0.1) is 0 Å². The van der Waals surface area contributed by atoms with Crippen molar-refractivity contribution in [3.05, 3.63) is 29.3 Å². The highest BCUT2D eigenvalue weighted by Crippen LogP contribution is 2.25. The summed E-state index contributed by atoms with van der Waals surface area (Å²) >= 11 is 5.96. The first-order valence-electron chi connectivity index (χ1n) is 6.50. The van der Waals surface area contributed by atoms with Gasteiger partial charge in [-0.2, -0.15) is 0 Å². The molecule has 0 spiro atoms.